The normalized spacial score (nSPS) is 15.9. The van der Waals surface area contributed by atoms with Crippen LogP contribution in [0.25, 0.3) is 77.2 Å². The van der Waals surface area contributed by atoms with Gasteiger partial charge in [-0.05, 0) is 134 Å². The van der Waals surface area contributed by atoms with E-state index in [4.69, 9.17) is 0 Å². The second-order valence-electron chi connectivity index (χ2n) is 20.7. The maximum absolute atomic E-state index is 2.51. The van der Waals surface area contributed by atoms with Gasteiger partial charge in [-0.2, -0.15) is 0 Å². The van der Waals surface area contributed by atoms with Crippen molar-refractivity contribution in [3.8, 4) is 33.6 Å². The number of aromatic nitrogens is 2. The molecule has 2 aromatic heterocycles. The molecule has 2 heterocycles. The van der Waals surface area contributed by atoms with Crippen LogP contribution in [0.2, 0.25) is 0 Å². The molecular weight excluding hydrogens is 917 g/mol. The minimum atomic E-state index is -0.559. The van der Waals surface area contributed by atoms with Gasteiger partial charge >= 0.3 is 0 Å². The summed E-state index contributed by atoms with van der Waals surface area (Å²) in [6.45, 7) is 0. The van der Waals surface area contributed by atoms with Crippen molar-refractivity contribution in [1.29, 1.82) is 0 Å². The Labute approximate surface area is 443 Å². The zero-order valence-electron chi connectivity index (χ0n) is 42.0. The molecule has 0 amide bonds. The zero-order chi connectivity index (χ0) is 50.2. The highest BCUT2D eigenvalue weighted by atomic mass is 15.0. The Kier molecular flexibility index (Phi) is 10.2. The number of nitrogens with zero attached hydrogens (tertiary/aromatic N) is 2. The smallest absolute Gasteiger partial charge is 0.0702 e. The highest BCUT2D eigenvalue weighted by Crippen LogP contribution is 2.58. The summed E-state index contributed by atoms with van der Waals surface area (Å²) in [5, 5.41) is 4.94. The largest absolute Gasteiger partial charge is 0.309 e. The van der Waals surface area contributed by atoms with Gasteiger partial charge in [0.1, 0.15) is 0 Å². The fourth-order valence-corrected chi connectivity index (χ4v) is 13.8. The summed E-state index contributed by atoms with van der Waals surface area (Å²) >= 11 is 0. The molecule has 2 aliphatic rings. The number of fused-ring (bicyclic) bond motifs is 9. The van der Waals surface area contributed by atoms with E-state index < -0.39 is 5.41 Å². The van der Waals surface area contributed by atoms with Crippen molar-refractivity contribution >= 4 is 43.6 Å². The molecule has 2 atom stereocenters. The lowest BCUT2D eigenvalue weighted by molar-refractivity contribution is 0.457. The van der Waals surface area contributed by atoms with Gasteiger partial charge in [0.05, 0.1) is 32.9 Å². The lowest BCUT2D eigenvalue weighted by Gasteiger charge is -2.39. The van der Waals surface area contributed by atoms with Crippen LogP contribution in [0.3, 0.4) is 0 Å². The maximum Gasteiger partial charge on any atom is 0.0702 e. The Morgan fingerprint density at radius 3 is 1.41 bits per heavy atom. The summed E-state index contributed by atoms with van der Waals surface area (Å²) in [4.78, 5) is 0. The monoisotopic (exact) mass is 968 g/mol. The van der Waals surface area contributed by atoms with Crippen molar-refractivity contribution in [3.05, 3.63) is 336 Å². The molecule has 2 nitrogen and oxygen atoms in total. The summed E-state index contributed by atoms with van der Waals surface area (Å²) in [5.41, 5.74) is 20.2. The van der Waals surface area contributed by atoms with E-state index in [9.17, 15) is 0 Å². The number of hydrogen-bond acceptors (Lipinski definition) is 0. The molecule has 0 fully saturated rings. The average Bonchev–Trinajstić information content (AvgIpc) is 4.22. The van der Waals surface area contributed by atoms with Gasteiger partial charge in [-0.25, -0.2) is 0 Å². The van der Waals surface area contributed by atoms with Crippen molar-refractivity contribution in [3.63, 3.8) is 0 Å². The Bertz CT molecular complexity index is 4330. The summed E-state index contributed by atoms with van der Waals surface area (Å²) in [5.74, 6) is 0.258. The molecule has 0 bridgehead atoms. The quantitative estimate of drug-likeness (QED) is 0.128. The lowest BCUT2D eigenvalue weighted by atomic mass is 9.62. The first-order chi connectivity index (χ1) is 37.7. The Morgan fingerprint density at radius 2 is 0.829 bits per heavy atom. The van der Waals surface area contributed by atoms with E-state index in [-0.39, 0.29) is 11.3 Å². The minimum absolute atomic E-state index is 0.258. The highest BCUT2D eigenvalue weighted by molar-refractivity contribution is 6.13. The van der Waals surface area contributed by atoms with E-state index in [1.165, 1.54) is 110 Å². The second-order valence-corrected chi connectivity index (χ2v) is 20.7. The van der Waals surface area contributed by atoms with E-state index in [2.05, 4.69) is 306 Å². The Hall–Kier alpha value is -9.50. The molecule has 0 N–H and O–H groups in total. The highest BCUT2D eigenvalue weighted by Gasteiger charge is 2.49. The third-order valence-electron chi connectivity index (χ3n) is 16.9. The molecule has 11 aromatic carbocycles. The van der Waals surface area contributed by atoms with E-state index in [1.54, 1.807) is 0 Å². The van der Waals surface area contributed by atoms with Gasteiger partial charge < -0.3 is 9.13 Å². The van der Waals surface area contributed by atoms with Gasteiger partial charge in [0.2, 0.25) is 0 Å². The van der Waals surface area contributed by atoms with E-state index in [0.29, 0.717) is 0 Å². The second kappa shape index (κ2) is 17.6. The van der Waals surface area contributed by atoms with Crippen molar-refractivity contribution in [1.82, 2.24) is 9.13 Å². The SMILES string of the molecule is C1=CCC(C2(c3ccccc3)c3ccccc3-c3ccc(-n4c5ccccc5c5cc(-c6ccc7c(c6)c6ccccc6n7-c6cccc(C(c7ccccc7)(c7ccccc7)c7ccccc7)c6)ccc54)cc32)C=C1. The van der Waals surface area contributed by atoms with Crippen LogP contribution in [0.1, 0.15) is 45.4 Å². The summed E-state index contributed by atoms with van der Waals surface area (Å²) < 4.78 is 4.96. The van der Waals surface area contributed by atoms with E-state index >= 15 is 0 Å². The van der Waals surface area contributed by atoms with Gasteiger partial charge in [-0.3, -0.25) is 0 Å². The maximum atomic E-state index is 2.51. The number of allylic oxidation sites excluding steroid dienone is 4. The number of rotatable bonds is 9. The van der Waals surface area contributed by atoms with Crippen LogP contribution in [0.15, 0.2) is 297 Å². The zero-order valence-corrected chi connectivity index (χ0v) is 42.0. The van der Waals surface area contributed by atoms with Crippen LogP contribution in [-0.4, -0.2) is 9.13 Å². The molecular formula is C74H52N2. The molecule has 2 aliphatic carbocycles. The molecule has 13 aromatic rings. The van der Waals surface area contributed by atoms with Crippen LogP contribution >= 0.6 is 0 Å². The fourth-order valence-electron chi connectivity index (χ4n) is 13.8. The summed E-state index contributed by atoms with van der Waals surface area (Å²) in [6, 6.07) is 102. The average molecular weight is 969 g/mol. The van der Waals surface area contributed by atoms with Crippen LogP contribution in [-0.2, 0) is 10.8 Å². The number of para-hydroxylation sites is 2. The molecule has 0 aliphatic heterocycles. The molecule has 2 unspecified atom stereocenters. The van der Waals surface area contributed by atoms with Crippen molar-refractivity contribution < 1.29 is 0 Å². The first-order valence-corrected chi connectivity index (χ1v) is 26.7. The molecule has 15 rings (SSSR count). The van der Waals surface area contributed by atoms with Gasteiger partial charge in [-0.1, -0.05) is 237 Å². The Morgan fingerprint density at radius 1 is 0.342 bits per heavy atom. The number of benzene rings is 11. The van der Waals surface area contributed by atoms with Crippen molar-refractivity contribution in [2.24, 2.45) is 5.92 Å². The molecule has 0 saturated carbocycles. The van der Waals surface area contributed by atoms with Gasteiger partial charge in [0.25, 0.3) is 0 Å². The summed E-state index contributed by atoms with van der Waals surface area (Å²) in [6.07, 6.45) is 10.2. The lowest BCUT2D eigenvalue weighted by Crippen LogP contribution is -2.35. The van der Waals surface area contributed by atoms with E-state index in [0.717, 1.165) is 12.1 Å². The first-order valence-electron chi connectivity index (χ1n) is 26.7. The number of hydrogen-bond donors (Lipinski definition) is 0. The Balaban J connectivity index is 0.876. The fraction of sp³-hybridized carbons (Fsp3) is 0.0541. The van der Waals surface area contributed by atoms with Gasteiger partial charge in [-0.15, -0.1) is 0 Å². The standard InChI is InChI=1S/C74H52N2/c1-6-23-53(24-7-1)73(54-25-8-2-9-26-54,55-27-10-3-11-28-55)58-33-22-34-59(49-58)75-69-39-20-17-36-63(69)65-47-51(41-45-71(65)75)52-42-46-72-66(48-52)64-37-18-21-40-70(64)76(72)60-43-44-62-61-35-16-19-38-67(61)74(68(62)50-60,56-29-12-4-13-30-56)57-31-14-5-15-32-57/h1-31,33-50,57H,32H2. The van der Waals surface area contributed by atoms with Gasteiger partial charge in [0, 0.05) is 32.9 Å². The first kappa shape index (κ1) is 44.0. The molecule has 0 spiro atoms. The van der Waals surface area contributed by atoms with Crippen molar-refractivity contribution in [2.75, 3.05) is 0 Å². The molecule has 358 valence electrons. The van der Waals surface area contributed by atoms with Crippen molar-refractivity contribution in [2.45, 2.75) is 17.3 Å². The minimum Gasteiger partial charge on any atom is -0.309 e. The van der Waals surface area contributed by atoms with Gasteiger partial charge in [0.15, 0.2) is 0 Å². The molecule has 0 saturated heterocycles. The predicted molar refractivity (Wildman–Crippen MR) is 317 cm³/mol. The van der Waals surface area contributed by atoms with Crippen LogP contribution in [0.5, 0.6) is 0 Å². The third-order valence-corrected chi connectivity index (χ3v) is 16.9. The molecule has 0 radical (unpaired) electrons. The van der Waals surface area contributed by atoms with Crippen LogP contribution in [0, 0.1) is 5.92 Å². The topological polar surface area (TPSA) is 9.86 Å². The third kappa shape index (κ3) is 6.47. The van der Waals surface area contributed by atoms with E-state index in [1.807, 2.05) is 0 Å². The predicted octanol–water partition coefficient (Wildman–Crippen LogP) is 18.4. The summed E-state index contributed by atoms with van der Waals surface area (Å²) in [7, 11) is 0. The molecule has 2 heteroatoms. The van der Waals surface area contributed by atoms with Crippen LogP contribution < -0.4 is 0 Å². The molecule has 76 heavy (non-hydrogen) atoms. The van der Waals surface area contributed by atoms with Crippen LogP contribution in [0.4, 0.5) is 0 Å².